The molecule has 3 amide bonds. The first-order valence-electron chi connectivity index (χ1n) is 10.3. The maximum Gasteiger partial charge on any atom is 0.326 e. The Labute approximate surface area is 180 Å². The van der Waals surface area contributed by atoms with Crippen LogP contribution in [0.3, 0.4) is 0 Å². The number of hydrogen-bond acceptors (Lipinski definition) is 6. The molecule has 0 bridgehead atoms. The van der Waals surface area contributed by atoms with Crippen LogP contribution in [0.2, 0.25) is 5.02 Å². The molecule has 1 saturated heterocycles. The molecule has 1 aromatic heterocycles. The zero-order valence-electron chi connectivity index (χ0n) is 17.2. The van der Waals surface area contributed by atoms with E-state index >= 15 is 0 Å². The second-order valence-electron chi connectivity index (χ2n) is 8.30. The predicted molar refractivity (Wildman–Crippen MR) is 111 cm³/mol. The lowest BCUT2D eigenvalue weighted by atomic mass is 9.82. The SMILES string of the molecule is CC(C)N(Cc1nnc(-c2ccc(Cl)cc2)o1)CN1C(=O)NC2(CCCCC2)C1=O. The van der Waals surface area contributed by atoms with Crippen molar-refractivity contribution in [1.82, 2.24) is 25.3 Å². The van der Waals surface area contributed by atoms with Crippen LogP contribution >= 0.6 is 11.6 Å². The molecule has 1 aliphatic carbocycles. The molecule has 0 atom stereocenters. The number of nitrogens with zero attached hydrogens (tertiary/aromatic N) is 4. The molecule has 4 rings (SSSR count). The van der Waals surface area contributed by atoms with E-state index in [0.717, 1.165) is 24.8 Å². The summed E-state index contributed by atoms with van der Waals surface area (Å²) in [6.45, 7) is 4.53. The van der Waals surface area contributed by atoms with Gasteiger partial charge in [-0.25, -0.2) is 9.69 Å². The zero-order valence-corrected chi connectivity index (χ0v) is 18.0. The number of hydrogen-bond donors (Lipinski definition) is 1. The molecule has 1 saturated carbocycles. The van der Waals surface area contributed by atoms with Crippen molar-refractivity contribution in [2.45, 2.75) is 64.1 Å². The van der Waals surface area contributed by atoms with Crippen LogP contribution in [0.4, 0.5) is 4.79 Å². The minimum absolute atomic E-state index is 0.0689. The number of nitrogens with one attached hydrogen (secondary N) is 1. The van der Waals surface area contributed by atoms with Crippen LogP contribution in [0.5, 0.6) is 0 Å². The van der Waals surface area contributed by atoms with E-state index in [4.69, 9.17) is 16.0 Å². The van der Waals surface area contributed by atoms with Crippen molar-refractivity contribution in [3.8, 4) is 11.5 Å². The van der Waals surface area contributed by atoms with Gasteiger partial charge >= 0.3 is 6.03 Å². The highest BCUT2D eigenvalue weighted by Crippen LogP contribution is 2.34. The van der Waals surface area contributed by atoms with Gasteiger partial charge in [-0.1, -0.05) is 30.9 Å². The third kappa shape index (κ3) is 4.06. The highest BCUT2D eigenvalue weighted by molar-refractivity contribution is 6.30. The number of aromatic nitrogens is 2. The summed E-state index contributed by atoms with van der Waals surface area (Å²) in [5.41, 5.74) is 0.0621. The van der Waals surface area contributed by atoms with Crippen molar-refractivity contribution in [3.63, 3.8) is 0 Å². The lowest BCUT2D eigenvalue weighted by Gasteiger charge is -2.32. The van der Waals surface area contributed by atoms with Crippen molar-refractivity contribution in [2.24, 2.45) is 0 Å². The molecular formula is C21H26ClN5O3. The van der Waals surface area contributed by atoms with Gasteiger partial charge in [0.05, 0.1) is 13.2 Å². The molecule has 2 heterocycles. The van der Waals surface area contributed by atoms with E-state index in [1.165, 1.54) is 4.90 Å². The summed E-state index contributed by atoms with van der Waals surface area (Å²) in [7, 11) is 0. The number of urea groups is 1. The van der Waals surface area contributed by atoms with E-state index in [1.807, 2.05) is 30.9 Å². The second-order valence-corrected chi connectivity index (χ2v) is 8.73. The average Bonchev–Trinajstić information content (AvgIpc) is 3.27. The van der Waals surface area contributed by atoms with Crippen molar-refractivity contribution < 1.29 is 14.0 Å². The highest BCUT2D eigenvalue weighted by atomic mass is 35.5. The number of imide groups is 1. The normalized spacial score (nSPS) is 18.6. The fourth-order valence-electron chi connectivity index (χ4n) is 4.08. The smallest absolute Gasteiger partial charge is 0.326 e. The first kappa shape index (κ1) is 20.8. The van der Waals surface area contributed by atoms with Gasteiger partial charge in [-0.05, 0) is 51.0 Å². The molecule has 160 valence electrons. The van der Waals surface area contributed by atoms with Gasteiger partial charge in [0, 0.05) is 16.6 Å². The average molecular weight is 432 g/mol. The van der Waals surface area contributed by atoms with Crippen LogP contribution in [0.25, 0.3) is 11.5 Å². The van der Waals surface area contributed by atoms with Crippen LogP contribution in [0, 0.1) is 0 Å². The summed E-state index contributed by atoms with van der Waals surface area (Å²) in [6.07, 6.45) is 4.45. The lowest BCUT2D eigenvalue weighted by molar-refractivity contribution is -0.134. The van der Waals surface area contributed by atoms with Gasteiger partial charge in [-0.3, -0.25) is 9.69 Å². The molecule has 30 heavy (non-hydrogen) atoms. The van der Waals surface area contributed by atoms with Gasteiger partial charge in [0.15, 0.2) is 0 Å². The Morgan fingerprint density at radius 2 is 1.87 bits per heavy atom. The minimum Gasteiger partial charge on any atom is -0.419 e. The highest BCUT2D eigenvalue weighted by Gasteiger charge is 2.51. The summed E-state index contributed by atoms with van der Waals surface area (Å²) < 4.78 is 5.81. The lowest BCUT2D eigenvalue weighted by Crippen LogP contribution is -2.49. The Bertz CT molecular complexity index is 921. The van der Waals surface area contributed by atoms with Crippen molar-refractivity contribution in [3.05, 3.63) is 35.2 Å². The maximum absolute atomic E-state index is 13.1. The number of carbonyl (C=O) groups excluding carboxylic acids is 2. The maximum atomic E-state index is 13.1. The monoisotopic (exact) mass is 431 g/mol. The summed E-state index contributed by atoms with van der Waals surface area (Å²) in [6, 6.07) is 6.91. The summed E-state index contributed by atoms with van der Waals surface area (Å²) in [5, 5.41) is 11.8. The van der Waals surface area contributed by atoms with Crippen LogP contribution in [-0.4, -0.2) is 50.2 Å². The molecular weight excluding hydrogens is 406 g/mol. The molecule has 0 radical (unpaired) electrons. The van der Waals surface area contributed by atoms with Gasteiger partial charge in [-0.2, -0.15) is 0 Å². The van der Waals surface area contributed by atoms with Crippen LogP contribution < -0.4 is 5.32 Å². The molecule has 8 nitrogen and oxygen atoms in total. The van der Waals surface area contributed by atoms with E-state index in [9.17, 15) is 9.59 Å². The van der Waals surface area contributed by atoms with E-state index in [1.54, 1.807) is 12.1 Å². The molecule has 1 N–H and O–H groups in total. The predicted octanol–water partition coefficient (Wildman–Crippen LogP) is 3.81. The first-order chi connectivity index (χ1) is 14.4. The fraction of sp³-hybridized carbons (Fsp3) is 0.524. The minimum atomic E-state index is -0.718. The summed E-state index contributed by atoms with van der Waals surface area (Å²) >= 11 is 5.93. The quantitative estimate of drug-likeness (QED) is 0.699. The Kier molecular flexibility index (Phi) is 5.79. The largest absolute Gasteiger partial charge is 0.419 e. The van der Waals surface area contributed by atoms with Gasteiger partial charge < -0.3 is 9.73 Å². The van der Waals surface area contributed by atoms with Crippen LogP contribution in [-0.2, 0) is 11.3 Å². The van der Waals surface area contributed by atoms with Gasteiger partial charge in [0.25, 0.3) is 5.91 Å². The molecule has 2 aliphatic rings. The Morgan fingerprint density at radius 3 is 2.53 bits per heavy atom. The number of rotatable bonds is 6. The van der Waals surface area contributed by atoms with Crippen molar-refractivity contribution in [2.75, 3.05) is 6.67 Å². The molecule has 1 aliphatic heterocycles. The molecule has 9 heteroatoms. The summed E-state index contributed by atoms with van der Waals surface area (Å²) in [5.74, 6) is 0.708. The third-order valence-electron chi connectivity index (χ3n) is 5.90. The first-order valence-corrected chi connectivity index (χ1v) is 10.7. The van der Waals surface area contributed by atoms with Crippen LogP contribution in [0.1, 0.15) is 51.8 Å². The summed E-state index contributed by atoms with van der Waals surface area (Å²) in [4.78, 5) is 29.0. The van der Waals surface area contributed by atoms with E-state index in [-0.39, 0.29) is 24.6 Å². The molecule has 2 fully saturated rings. The van der Waals surface area contributed by atoms with Crippen LogP contribution in [0.15, 0.2) is 28.7 Å². The van der Waals surface area contributed by atoms with E-state index in [0.29, 0.717) is 36.2 Å². The van der Waals surface area contributed by atoms with Gasteiger partial charge in [-0.15, -0.1) is 10.2 Å². The van der Waals surface area contributed by atoms with Gasteiger partial charge in [0.1, 0.15) is 5.54 Å². The van der Waals surface area contributed by atoms with Gasteiger partial charge in [0.2, 0.25) is 11.8 Å². The number of amides is 3. The Morgan fingerprint density at radius 1 is 1.17 bits per heavy atom. The molecule has 1 spiro atoms. The third-order valence-corrected chi connectivity index (χ3v) is 6.15. The van der Waals surface area contributed by atoms with E-state index < -0.39 is 5.54 Å². The Hall–Kier alpha value is -2.45. The van der Waals surface area contributed by atoms with E-state index in [2.05, 4.69) is 15.5 Å². The standard InChI is InChI=1S/C21H26ClN5O3/c1-14(2)26(12-17-24-25-18(30-17)15-6-8-16(22)9-7-15)13-27-19(28)21(23-20(27)29)10-4-3-5-11-21/h6-9,14H,3-5,10-13H2,1-2H3,(H,23,29). The molecule has 1 aromatic carbocycles. The Balaban J connectivity index is 1.47. The second kappa shape index (κ2) is 8.35. The van der Waals surface area contributed by atoms with Crippen molar-refractivity contribution >= 4 is 23.5 Å². The number of benzene rings is 1. The molecule has 0 unspecified atom stereocenters. The molecule has 2 aromatic rings. The number of carbonyl (C=O) groups is 2. The topological polar surface area (TPSA) is 91.6 Å². The fourth-order valence-corrected chi connectivity index (χ4v) is 4.20. The number of halogens is 1. The van der Waals surface area contributed by atoms with Crippen molar-refractivity contribution in [1.29, 1.82) is 0 Å². The zero-order chi connectivity index (χ0) is 21.3.